The third-order valence-electron chi connectivity index (χ3n) is 5.47. The van der Waals surface area contributed by atoms with Crippen molar-refractivity contribution in [3.8, 4) is 11.1 Å². The van der Waals surface area contributed by atoms with Gasteiger partial charge in [0.05, 0.1) is 22.6 Å². The van der Waals surface area contributed by atoms with Crippen molar-refractivity contribution in [3.63, 3.8) is 0 Å². The maximum Gasteiger partial charge on any atom is 0.305 e. The van der Waals surface area contributed by atoms with Crippen LogP contribution in [-0.4, -0.2) is 34.0 Å². The Kier molecular flexibility index (Phi) is 9.00. The van der Waals surface area contributed by atoms with Crippen LogP contribution in [0.25, 0.3) is 22.2 Å². The summed E-state index contributed by atoms with van der Waals surface area (Å²) in [6.45, 7) is 7.28. The Balaban J connectivity index is 0.000000253. The van der Waals surface area contributed by atoms with E-state index in [1.807, 2.05) is 30.5 Å². The Bertz CT molecular complexity index is 1410. The monoisotopic (exact) mass is 559 g/mol. The molecule has 0 fully saturated rings. The highest BCUT2D eigenvalue weighted by Crippen LogP contribution is 2.29. The molecule has 4 aromatic rings. The van der Waals surface area contributed by atoms with Gasteiger partial charge in [-0.2, -0.15) is 4.39 Å². The first kappa shape index (κ1) is 27.1. The predicted octanol–water partition coefficient (Wildman–Crippen LogP) is 6.80. The number of hydrogen-bond acceptors (Lipinski definition) is 5. The molecule has 0 spiro atoms. The molecule has 1 aromatic heterocycles. The molecule has 3 aromatic carbocycles. The number of aldehydes is 1. The molecule has 4 rings (SSSR count). The number of halogens is 3. The van der Waals surface area contributed by atoms with Gasteiger partial charge in [-0.3, -0.25) is 14.9 Å². The van der Waals surface area contributed by atoms with Crippen LogP contribution in [0.2, 0.25) is 0 Å². The average molecular weight is 560 g/mol. The molecule has 0 bridgehead atoms. The molecule has 188 valence electrons. The number of imidazole rings is 1. The second-order valence-electron chi connectivity index (χ2n) is 7.91. The van der Waals surface area contributed by atoms with Crippen molar-refractivity contribution < 1.29 is 23.2 Å². The van der Waals surface area contributed by atoms with E-state index in [0.29, 0.717) is 35.6 Å². The Labute approximate surface area is 215 Å². The fraction of sp³-hybridized carbons (Fsp3) is 0.231. The third-order valence-corrected chi connectivity index (χ3v) is 6.33. The molecule has 0 aliphatic heterocycles. The number of fused-ring (bicyclic) bond motifs is 1. The zero-order chi connectivity index (χ0) is 26.4. The number of carbonyl (C=O) groups is 1. The molecule has 0 aliphatic carbocycles. The molecule has 0 unspecified atom stereocenters. The summed E-state index contributed by atoms with van der Waals surface area (Å²) in [7, 11) is 0. The van der Waals surface area contributed by atoms with Crippen molar-refractivity contribution in [3.05, 3.63) is 91.7 Å². The highest BCUT2D eigenvalue weighted by Gasteiger charge is 2.15. The van der Waals surface area contributed by atoms with E-state index in [-0.39, 0.29) is 5.82 Å². The molecule has 0 amide bonds. The number of hydrogen-bond donors (Lipinski definition) is 0. The fourth-order valence-corrected chi connectivity index (χ4v) is 3.96. The lowest BCUT2D eigenvalue weighted by Crippen LogP contribution is -2.09. The highest BCUT2D eigenvalue weighted by atomic mass is 79.9. The molecular weight excluding hydrogens is 536 g/mol. The van der Waals surface area contributed by atoms with Gasteiger partial charge in [-0.25, -0.2) is 9.37 Å². The molecule has 0 saturated heterocycles. The van der Waals surface area contributed by atoms with Crippen LogP contribution in [-0.2, 0) is 11.3 Å². The lowest BCUT2D eigenvalue weighted by atomic mass is 10.00. The predicted molar refractivity (Wildman–Crippen MR) is 137 cm³/mol. The van der Waals surface area contributed by atoms with Gasteiger partial charge in [-0.1, -0.05) is 28.1 Å². The Morgan fingerprint density at radius 1 is 1.11 bits per heavy atom. The largest absolute Gasteiger partial charge is 0.380 e. The quantitative estimate of drug-likeness (QED) is 0.107. The lowest BCUT2D eigenvalue weighted by molar-refractivity contribution is -0.387. The van der Waals surface area contributed by atoms with Gasteiger partial charge in [0.25, 0.3) is 0 Å². The highest BCUT2D eigenvalue weighted by molar-refractivity contribution is 9.10. The summed E-state index contributed by atoms with van der Waals surface area (Å²) in [6, 6.07) is 12.6. The summed E-state index contributed by atoms with van der Waals surface area (Å²) in [5.41, 5.74) is 4.76. The van der Waals surface area contributed by atoms with Gasteiger partial charge in [0.1, 0.15) is 5.82 Å². The zero-order valence-corrected chi connectivity index (χ0v) is 21.5. The van der Waals surface area contributed by atoms with Crippen LogP contribution < -0.4 is 0 Å². The summed E-state index contributed by atoms with van der Waals surface area (Å²) < 4.78 is 33.8. The van der Waals surface area contributed by atoms with Crippen LogP contribution in [0, 0.1) is 35.6 Å². The van der Waals surface area contributed by atoms with E-state index in [1.54, 1.807) is 19.1 Å². The maximum atomic E-state index is 13.2. The first-order valence-electron chi connectivity index (χ1n) is 11.1. The van der Waals surface area contributed by atoms with Gasteiger partial charge in [0, 0.05) is 23.7 Å². The SMILES string of the molecule is CCOCCn1c(C=O)nc2cc(C)c(-c3ccc(F)cc3)cc21.Cc1cc([N+](=O)[O-])c(F)cc1Br. The average Bonchev–Trinajstić information content (AvgIpc) is 3.18. The van der Waals surface area contributed by atoms with Crippen molar-refractivity contribution in [2.45, 2.75) is 27.3 Å². The fourth-order valence-electron chi connectivity index (χ4n) is 3.64. The van der Waals surface area contributed by atoms with E-state index >= 15 is 0 Å². The number of nitro benzene ring substituents is 1. The van der Waals surface area contributed by atoms with Crippen molar-refractivity contribution >= 4 is 38.9 Å². The first-order valence-corrected chi connectivity index (χ1v) is 11.8. The first-order chi connectivity index (χ1) is 17.2. The van der Waals surface area contributed by atoms with Crippen LogP contribution in [0.3, 0.4) is 0 Å². The number of ether oxygens (including phenoxy) is 1. The molecule has 0 radical (unpaired) electrons. The minimum absolute atomic E-state index is 0.262. The number of carbonyl (C=O) groups excluding carboxylic acids is 1. The van der Waals surface area contributed by atoms with Crippen molar-refractivity contribution in [2.75, 3.05) is 13.2 Å². The van der Waals surface area contributed by atoms with Crippen LogP contribution >= 0.6 is 15.9 Å². The smallest absolute Gasteiger partial charge is 0.305 e. The van der Waals surface area contributed by atoms with Gasteiger partial charge in [0.2, 0.25) is 5.82 Å². The summed E-state index contributed by atoms with van der Waals surface area (Å²) in [5, 5.41) is 10.2. The third kappa shape index (κ3) is 6.19. The lowest BCUT2D eigenvalue weighted by Gasteiger charge is -2.10. The van der Waals surface area contributed by atoms with Crippen LogP contribution in [0.4, 0.5) is 14.5 Å². The summed E-state index contributed by atoms with van der Waals surface area (Å²) in [4.78, 5) is 25.2. The standard InChI is InChI=1S/C19H19FN2O2.C7H5BrFNO2/c1-3-24-9-8-22-18-11-16(14-4-6-15(20)7-5-14)13(2)10-17(18)21-19(22)12-23;1-4-2-7(10(11)12)6(9)3-5(4)8/h4-7,10-12H,3,8-9H2,1-2H3;2-3H,1H3. The maximum absolute atomic E-state index is 13.2. The van der Waals surface area contributed by atoms with E-state index in [1.165, 1.54) is 18.2 Å². The summed E-state index contributed by atoms with van der Waals surface area (Å²) in [6.07, 6.45) is 0.763. The van der Waals surface area contributed by atoms with E-state index in [4.69, 9.17) is 4.74 Å². The number of nitro groups is 1. The van der Waals surface area contributed by atoms with E-state index in [0.717, 1.165) is 40.1 Å². The normalized spacial score (nSPS) is 10.7. The van der Waals surface area contributed by atoms with Gasteiger partial charge < -0.3 is 9.30 Å². The van der Waals surface area contributed by atoms with Crippen LogP contribution in [0.5, 0.6) is 0 Å². The van der Waals surface area contributed by atoms with Gasteiger partial charge >= 0.3 is 5.69 Å². The van der Waals surface area contributed by atoms with E-state index < -0.39 is 16.4 Å². The zero-order valence-electron chi connectivity index (χ0n) is 19.9. The number of aryl methyl sites for hydroxylation is 2. The number of benzene rings is 3. The summed E-state index contributed by atoms with van der Waals surface area (Å²) in [5.74, 6) is -0.694. The van der Waals surface area contributed by atoms with Crippen molar-refractivity contribution in [1.82, 2.24) is 9.55 Å². The molecule has 0 atom stereocenters. The minimum atomic E-state index is -0.822. The molecule has 0 saturated carbocycles. The topological polar surface area (TPSA) is 87.3 Å². The van der Waals surface area contributed by atoms with Gasteiger partial charge in [0.15, 0.2) is 12.1 Å². The van der Waals surface area contributed by atoms with E-state index in [9.17, 15) is 23.7 Å². The van der Waals surface area contributed by atoms with Crippen molar-refractivity contribution in [2.24, 2.45) is 0 Å². The van der Waals surface area contributed by atoms with Crippen LogP contribution in [0.15, 0.2) is 53.0 Å². The molecule has 0 aliphatic rings. The molecule has 0 N–H and O–H groups in total. The number of nitrogens with zero attached hydrogens (tertiary/aromatic N) is 3. The Hall–Kier alpha value is -3.50. The minimum Gasteiger partial charge on any atom is -0.380 e. The van der Waals surface area contributed by atoms with Gasteiger partial charge in [-0.15, -0.1) is 0 Å². The molecule has 36 heavy (non-hydrogen) atoms. The van der Waals surface area contributed by atoms with Crippen LogP contribution in [0.1, 0.15) is 28.7 Å². The molecule has 1 heterocycles. The van der Waals surface area contributed by atoms with E-state index in [2.05, 4.69) is 20.9 Å². The molecule has 7 nitrogen and oxygen atoms in total. The second kappa shape index (κ2) is 12.0. The van der Waals surface area contributed by atoms with Gasteiger partial charge in [-0.05, 0) is 73.4 Å². The number of rotatable bonds is 7. The summed E-state index contributed by atoms with van der Waals surface area (Å²) >= 11 is 3.07. The molecular formula is C26H24BrF2N3O4. The Morgan fingerprint density at radius 2 is 1.81 bits per heavy atom. The second-order valence-corrected chi connectivity index (χ2v) is 8.76. The molecule has 10 heteroatoms. The number of aromatic nitrogens is 2. The Morgan fingerprint density at radius 3 is 2.42 bits per heavy atom. The van der Waals surface area contributed by atoms with Crippen molar-refractivity contribution in [1.29, 1.82) is 0 Å².